The van der Waals surface area contributed by atoms with E-state index in [1.165, 1.54) is 12.1 Å². The van der Waals surface area contributed by atoms with Gasteiger partial charge < -0.3 is 5.32 Å². The highest BCUT2D eigenvalue weighted by Crippen LogP contribution is 2.30. The summed E-state index contributed by atoms with van der Waals surface area (Å²) in [6, 6.07) is 11.4. The number of carbonyl (C=O) groups is 2. The van der Waals surface area contributed by atoms with Gasteiger partial charge in [0.15, 0.2) is 5.65 Å². The maximum absolute atomic E-state index is 12.2. The third kappa shape index (κ3) is 4.36. The van der Waals surface area contributed by atoms with Crippen LogP contribution >= 0.6 is 0 Å². The summed E-state index contributed by atoms with van der Waals surface area (Å²) in [4.78, 5) is 28.0. The number of rotatable bonds is 5. The molecule has 1 aliphatic carbocycles. The van der Waals surface area contributed by atoms with Crippen molar-refractivity contribution in [1.82, 2.24) is 19.9 Å². The summed E-state index contributed by atoms with van der Waals surface area (Å²) < 4.78 is 38.3. The third-order valence-electron chi connectivity index (χ3n) is 4.44. The number of aromatic nitrogens is 3. The van der Waals surface area contributed by atoms with Crippen molar-refractivity contribution in [2.75, 3.05) is 11.9 Å². The first kappa shape index (κ1) is 18.9. The number of amides is 2. The molecular formula is C19H16F3N5O2. The van der Waals surface area contributed by atoms with E-state index in [9.17, 15) is 22.8 Å². The van der Waals surface area contributed by atoms with E-state index in [0.717, 1.165) is 12.8 Å². The first-order valence-corrected chi connectivity index (χ1v) is 8.92. The zero-order valence-corrected chi connectivity index (χ0v) is 15.0. The minimum atomic E-state index is -4.47. The molecular weight excluding hydrogens is 387 g/mol. The Balaban J connectivity index is 1.55. The molecule has 7 nitrogen and oxygen atoms in total. The summed E-state index contributed by atoms with van der Waals surface area (Å²) in [6.07, 6.45) is -2.73. The van der Waals surface area contributed by atoms with Gasteiger partial charge in [-0.1, -0.05) is 18.2 Å². The molecule has 1 aliphatic rings. The second-order valence-electron chi connectivity index (χ2n) is 6.76. The Hall–Kier alpha value is -3.43. The zero-order chi connectivity index (χ0) is 20.6. The normalized spacial score (nSPS) is 14.0. The van der Waals surface area contributed by atoms with Gasteiger partial charge in [0.1, 0.15) is 6.54 Å². The molecule has 0 spiro atoms. The van der Waals surface area contributed by atoms with Crippen LogP contribution in [-0.4, -0.2) is 39.1 Å². The van der Waals surface area contributed by atoms with E-state index in [0.29, 0.717) is 16.9 Å². The predicted molar refractivity (Wildman–Crippen MR) is 98.2 cm³/mol. The van der Waals surface area contributed by atoms with E-state index in [1.54, 1.807) is 34.8 Å². The number of nitrogens with one attached hydrogen (secondary N) is 2. The fourth-order valence-corrected chi connectivity index (χ4v) is 2.81. The summed E-state index contributed by atoms with van der Waals surface area (Å²) in [6.45, 7) is -1.39. The van der Waals surface area contributed by atoms with Crippen LogP contribution in [0.4, 0.5) is 19.1 Å². The number of pyridine rings is 1. The molecule has 2 aromatic heterocycles. The molecule has 150 valence electrons. The number of anilines is 1. The Kier molecular flexibility index (Phi) is 4.69. The molecule has 2 heterocycles. The predicted octanol–water partition coefficient (Wildman–Crippen LogP) is 3.04. The smallest absolute Gasteiger partial charge is 0.343 e. The molecule has 0 radical (unpaired) electrons. The average molecular weight is 403 g/mol. The molecule has 2 N–H and O–H groups in total. The van der Waals surface area contributed by atoms with Crippen LogP contribution < -0.4 is 10.6 Å². The van der Waals surface area contributed by atoms with E-state index < -0.39 is 18.6 Å². The van der Waals surface area contributed by atoms with Crippen molar-refractivity contribution in [2.45, 2.75) is 19.0 Å². The average Bonchev–Trinajstić information content (AvgIpc) is 3.45. The Morgan fingerprint density at radius 2 is 1.83 bits per heavy atom. The number of hydrogen-bond donors (Lipinski definition) is 2. The third-order valence-corrected chi connectivity index (χ3v) is 4.44. The molecule has 29 heavy (non-hydrogen) atoms. The molecule has 0 atom stereocenters. The number of carbonyl (C=O) groups excluding carboxylic acids is 2. The first-order chi connectivity index (χ1) is 13.8. The van der Waals surface area contributed by atoms with Crippen LogP contribution in [0.15, 0.2) is 42.5 Å². The van der Waals surface area contributed by atoms with Crippen molar-refractivity contribution in [2.24, 2.45) is 5.92 Å². The summed E-state index contributed by atoms with van der Waals surface area (Å²) in [5, 5.41) is 8.85. The summed E-state index contributed by atoms with van der Waals surface area (Å²) in [5.41, 5.74) is 1.99. The SMILES string of the molecule is O=C(NCC(F)(F)F)c1ccc(-c2cccc3nc(NC(=O)C4CC4)nn23)cc1. The van der Waals surface area contributed by atoms with E-state index in [2.05, 4.69) is 15.4 Å². The van der Waals surface area contributed by atoms with Crippen LogP contribution in [0.2, 0.25) is 0 Å². The Morgan fingerprint density at radius 1 is 1.10 bits per heavy atom. The van der Waals surface area contributed by atoms with E-state index in [1.807, 2.05) is 5.32 Å². The number of fused-ring (bicyclic) bond motifs is 1. The number of halogens is 3. The minimum Gasteiger partial charge on any atom is -0.343 e. The Labute approximate surface area is 162 Å². The van der Waals surface area contributed by atoms with Crippen LogP contribution in [0.5, 0.6) is 0 Å². The topological polar surface area (TPSA) is 88.4 Å². The standard InChI is InChI=1S/C19H16F3N5O2/c20-19(21,22)10-23-16(28)12-6-4-11(5-7-12)14-2-1-3-15-24-18(26-27(14)15)25-17(29)13-8-9-13/h1-7,13H,8-10H2,(H,23,28)(H,25,26,29). The molecule has 10 heteroatoms. The first-order valence-electron chi connectivity index (χ1n) is 8.92. The lowest BCUT2D eigenvalue weighted by atomic mass is 10.1. The summed E-state index contributed by atoms with van der Waals surface area (Å²) >= 11 is 0. The van der Waals surface area contributed by atoms with Crippen molar-refractivity contribution in [3.05, 3.63) is 48.0 Å². The lowest BCUT2D eigenvalue weighted by molar-refractivity contribution is -0.123. The quantitative estimate of drug-likeness (QED) is 0.686. The number of hydrogen-bond acceptors (Lipinski definition) is 4. The van der Waals surface area contributed by atoms with Crippen molar-refractivity contribution in [3.63, 3.8) is 0 Å². The van der Waals surface area contributed by atoms with Gasteiger partial charge in [0.2, 0.25) is 11.9 Å². The molecule has 0 unspecified atom stereocenters. The van der Waals surface area contributed by atoms with Gasteiger partial charge in [-0.25, -0.2) is 4.52 Å². The van der Waals surface area contributed by atoms with Crippen LogP contribution in [0.25, 0.3) is 16.9 Å². The fraction of sp³-hybridized carbons (Fsp3) is 0.263. The van der Waals surface area contributed by atoms with Crippen LogP contribution in [0.3, 0.4) is 0 Å². The van der Waals surface area contributed by atoms with Gasteiger partial charge in [0.25, 0.3) is 5.91 Å². The number of benzene rings is 1. The molecule has 2 amide bonds. The molecule has 0 bridgehead atoms. The number of nitrogens with zero attached hydrogens (tertiary/aromatic N) is 3. The fourth-order valence-electron chi connectivity index (χ4n) is 2.81. The van der Waals surface area contributed by atoms with Gasteiger partial charge in [0.05, 0.1) is 5.69 Å². The van der Waals surface area contributed by atoms with Crippen molar-refractivity contribution in [1.29, 1.82) is 0 Å². The van der Waals surface area contributed by atoms with Gasteiger partial charge in [-0.2, -0.15) is 18.2 Å². The lowest BCUT2D eigenvalue weighted by Gasteiger charge is -2.09. The Morgan fingerprint density at radius 3 is 2.48 bits per heavy atom. The minimum absolute atomic E-state index is 0.0251. The van der Waals surface area contributed by atoms with Gasteiger partial charge in [-0.3, -0.25) is 14.9 Å². The van der Waals surface area contributed by atoms with Gasteiger partial charge in [-0.15, -0.1) is 5.10 Å². The van der Waals surface area contributed by atoms with Gasteiger partial charge in [0, 0.05) is 17.0 Å². The molecule has 1 saturated carbocycles. The summed E-state index contributed by atoms with van der Waals surface area (Å²) in [5.74, 6) is -0.677. The molecule has 4 rings (SSSR count). The second kappa shape index (κ2) is 7.19. The highest BCUT2D eigenvalue weighted by atomic mass is 19.4. The highest BCUT2D eigenvalue weighted by Gasteiger charge is 2.30. The van der Waals surface area contributed by atoms with Crippen molar-refractivity contribution < 1.29 is 22.8 Å². The van der Waals surface area contributed by atoms with Crippen LogP contribution in [-0.2, 0) is 4.79 Å². The maximum atomic E-state index is 12.2. The monoisotopic (exact) mass is 403 g/mol. The molecule has 1 aromatic carbocycles. The molecule has 0 aliphatic heterocycles. The largest absolute Gasteiger partial charge is 0.405 e. The van der Waals surface area contributed by atoms with Crippen LogP contribution in [0.1, 0.15) is 23.2 Å². The van der Waals surface area contributed by atoms with Gasteiger partial charge >= 0.3 is 6.18 Å². The van der Waals surface area contributed by atoms with E-state index in [-0.39, 0.29) is 23.3 Å². The Bertz CT molecular complexity index is 1070. The molecule has 1 fully saturated rings. The van der Waals surface area contributed by atoms with Gasteiger partial charge in [-0.05, 0) is 37.1 Å². The summed E-state index contributed by atoms with van der Waals surface area (Å²) in [7, 11) is 0. The molecule has 3 aromatic rings. The lowest BCUT2D eigenvalue weighted by Crippen LogP contribution is -2.33. The number of alkyl halides is 3. The zero-order valence-electron chi connectivity index (χ0n) is 15.0. The van der Waals surface area contributed by atoms with Crippen molar-refractivity contribution >= 4 is 23.4 Å². The van der Waals surface area contributed by atoms with Crippen molar-refractivity contribution in [3.8, 4) is 11.3 Å². The molecule has 0 saturated heterocycles. The van der Waals surface area contributed by atoms with E-state index in [4.69, 9.17) is 0 Å². The van der Waals surface area contributed by atoms with E-state index >= 15 is 0 Å². The highest BCUT2D eigenvalue weighted by molar-refractivity contribution is 5.94. The second-order valence-corrected chi connectivity index (χ2v) is 6.76. The van der Waals surface area contributed by atoms with Crippen LogP contribution in [0, 0.1) is 5.92 Å². The maximum Gasteiger partial charge on any atom is 0.405 e.